The van der Waals surface area contributed by atoms with E-state index in [1.54, 1.807) is 0 Å². The normalized spacial score (nSPS) is 18.6. The smallest absolute Gasteiger partial charge is 0.113 e. The van der Waals surface area contributed by atoms with E-state index in [0.29, 0.717) is 6.10 Å². The Hall–Kier alpha value is -0.840. The van der Waals surface area contributed by atoms with E-state index >= 15 is 0 Å². The molecule has 1 aromatic carbocycles. The van der Waals surface area contributed by atoms with Gasteiger partial charge in [0.05, 0.1) is 12.6 Å². The van der Waals surface area contributed by atoms with E-state index in [2.05, 4.69) is 31.5 Å². The van der Waals surface area contributed by atoms with Crippen molar-refractivity contribution >= 4 is 27.5 Å². The molecule has 1 aliphatic rings. The van der Waals surface area contributed by atoms with Gasteiger partial charge in [-0.3, -0.25) is 0 Å². The summed E-state index contributed by atoms with van der Waals surface area (Å²) in [4.78, 5) is 4.46. The summed E-state index contributed by atoms with van der Waals surface area (Å²) in [6, 6.07) is 5.96. The molecular formula is C15H16BrClN2O. The van der Waals surface area contributed by atoms with Crippen LogP contribution < -0.4 is 0 Å². The third kappa shape index (κ3) is 3.43. The summed E-state index contributed by atoms with van der Waals surface area (Å²) >= 11 is 9.57. The fourth-order valence-corrected chi connectivity index (χ4v) is 3.51. The molecule has 0 amide bonds. The number of halogens is 2. The molecule has 5 heteroatoms. The second-order valence-corrected chi connectivity index (χ2v) is 6.44. The van der Waals surface area contributed by atoms with Crippen LogP contribution in [0.25, 0.3) is 0 Å². The van der Waals surface area contributed by atoms with Gasteiger partial charge in [0.25, 0.3) is 0 Å². The number of hydrogen-bond donors (Lipinski definition) is 0. The Labute approximate surface area is 132 Å². The lowest BCUT2D eigenvalue weighted by molar-refractivity contribution is 0.0963. The maximum absolute atomic E-state index is 6.09. The first kappa shape index (κ1) is 14.1. The Morgan fingerprint density at radius 2 is 2.30 bits per heavy atom. The highest BCUT2D eigenvalue weighted by molar-refractivity contribution is 9.10. The van der Waals surface area contributed by atoms with Gasteiger partial charge in [-0.15, -0.1) is 0 Å². The van der Waals surface area contributed by atoms with Crippen molar-refractivity contribution in [3.8, 4) is 0 Å². The SMILES string of the molecule is Clc1cc(Br)cc(Cc2nccn2CC2CCCO2)c1. The maximum Gasteiger partial charge on any atom is 0.113 e. The van der Waals surface area contributed by atoms with Gasteiger partial charge in [0.2, 0.25) is 0 Å². The average Bonchev–Trinajstić information content (AvgIpc) is 3.01. The first-order chi connectivity index (χ1) is 9.70. The van der Waals surface area contributed by atoms with Gasteiger partial charge < -0.3 is 9.30 Å². The van der Waals surface area contributed by atoms with E-state index in [1.165, 1.54) is 0 Å². The number of hydrogen-bond acceptors (Lipinski definition) is 2. The fourth-order valence-electron chi connectivity index (χ4n) is 2.58. The van der Waals surface area contributed by atoms with E-state index < -0.39 is 0 Å². The number of ether oxygens (including phenoxy) is 1. The van der Waals surface area contributed by atoms with Crippen LogP contribution >= 0.6 is 27.5 Å². The summed E-state index contributed by atoms with van der Waals surface area (Å²) in [5.41, 5.74) is 1.16. The summed E-state index contributed by atoms with van der Waals surface area (Å²) in [6.45, 7) is 1.77. The van der Waals surface area contributed by atoms with Crippen LogP contribution in [0.4, 0.5) is 0 Å². The Kier molecular flexibility index (Phi) is 4.44. The van der Waals surface area contributed by atoms with Crippen LogP contribution in [0.5, 0.6) is 0 Å². The van der Waals surface area contributed by atoms with Crippen molar-refractivity contribution in [2.45, 2.75) is 31.9 Å². The predicted molar refractivity (Wildman–Crippen MR) is 83.2 cm³/mol. The van der Waals surface area contributed by atoms with Gasteiger partial charge in [-0.05, 0) is 36.6 Å². The zero-order chi connectivity index (χ0) is 13.9. The Morgan fingerprint density at radius 1 is 1.40 bits per heavy atom. The summed E-state index contributed by atoms with van der Waals surface area (Å²) in [5, 5.41) is 0.742. The molecule has 0 saturated carbocycles. The zero-order valence-electron chi connectivity index (χ0n) is 11.1. The summed E-state index contributed by atoms with van der Waals surface area (Å²) in [6.07, 6.45) is 7.28. The van der Waals surface area contributed by atoms with Gasteiger partial charge in [0.1, 0.15) is 5.82 Å². The van der Waals surface area contributed by atoms with E-state index in [-0.39, 0.29) is 0 Å². The number of imidazole rings is 1. The predicted octanol–water partition coefficient (Wildman–Crippen LogP) is 4.07. The van der Waals surface area contributed by atoms with Crippen LogP contribution in [0.1, 0.15) is 24.2 Å². The average molecular weight is 356 g/mol. The van der Waals surface area contributed by atoms with E-state index in [1.807, 2.05) is 24.5 Å². The Balaban J connectivity index is 1.75. The van der Waals surface area contributed by atoms with Crippen molar-refractivity contribution in [1.29, 1.82) is 0 Å². The van der Waals surface area contributed by atoms with E-state index in [9.17, 15) is 0 Å². The van der Waals surface area contributed by atoms with Gasteiger partial charge in [-0.25, -0.2) is 4.98 Å². The molecule has 1 aliphatic heterocycles. The van der Waals surface area contributed by atoms with Crippen molar-refractivity contribution in [2.24, 2.45) is 0 Å². The lowest BCUT2D eigenvalue weighted by Gasteiger charge is -2.13. The topological polar surface area (TPSA) is 27.1 Å². The first-order valence-electron chi connectivity index (χ1n) is 6.77. The second-order valence-electron chi connectivity index (χ2n) is 5.09. The highest BCUT2D eigenvalue weighted by Crippen LogP contribution is 2.22. The van der Waals surface area contributed by atoms with Crippen molar-refractivity contribution in [2.75, 3.05) is 6.61 Å². The largest absolute Gasteiger partial charge is 0.376 e. The molecule has 2 aromatic rings. The van der Waals surface area contributed by atoms with E-state index in [0.717, 1.165) is 53.3 Å². The zero-order valence-corrected chi connectivity index (χ0v) is 13.4. The second kappa shape index (κ2) is 6.29. The van der Waals surface area contributed by atoms with Gasteiger partial charge in [0.15, 0.2) is 0 Å². The van der Waals surface area contributed by atoms with Crippen molar-refractivity contribution in [3.05, 3.63) is 51.5 Å². The molecule has 3 rings (SSSR count). The maximum atomic E-state index is 6.09. The molecule has 2 heterocycles. The first-order valence-corrected chi connectivity index (χ1v) is 7.94. The summed E-state index contributed by atoms with van der Waals surface area (Å²) in [5.74, 6) is 1.05. The van der Waals surface area contributed by atoms with Crippen LogP contribution in [0.15, 0.2) is 35.1 Å². The molecule has 1 saturated heterocycles. The standard InChI is InChI=1S/C15H16BrClN2O/c16-12-6-11(7-13(17)9-12)8-15-18-3-4-19(15)10-14-2-1-5-20-14/h3-4,6-7,9,14H,1-2,5,8,10H2. The van der Waals surface area contributed by atoms with Crippen molar-refractivity contribution in [3.63, 3.8) is 0 Å². The van der Waals surface area contributed by atoms with Crippen molar-refractivity contribution in [1.82, 2.24) is 9.55 Å². The molecule has 0 N–H and O–H groups in total. The number of aromatic nitrogens is 2. The third-order valence-corrected chi connectivity index (χ3v) is 4.19. The van der Waals surface area contributed by atoms with Crippen LogP contribution in [-0.4, -0.2) is 22.3 Å². The highest BCUT2D eigenvalue weighted by Gasteiger charge is 2.17. The molecule has 1 unspecified atom stereocenters. The summed E-state index contributed by atoms with van der Waals surface area (Å²) < 4.78 is 8.88. The molecular weight excluding hydrogens is 340 g/mol. The van der Waals surface area contributed by atoms with Crippen LogP contribution in [0.2, 0.25) is 5.02 Å². The van der Waals surface area contributed by atoms with Crippen LogP contribution in [0, 0.1) is 0 Å². The van der Waals surface area contributed by atoms with Gasteiger partial charge in [-0.2, -0.15) is 0 Å². The third-order valence-electron chi connectivity index (χ3n) is 3.51. The minimum atomic E-state index is 0.328. The fraction of sp³-hybridized carbons (Fsp3) is 0.400. The molecule has 1 atom stereocenters. The molecule has 0 bridgehead atoms. The van der Waals surface area contributed by atoms with Gasteiger partial charge in [-0.1, -0.05) is 27.5 Å². The lowest BCUT2D eigenvalue weighted by Crippen LogP contribution is -2.16. The molecule has 0 radical (unpaired) electrons. The molecule has 1 fully saturated rings. The van der Waals surface area contributed by atoms with Gasteiger partial charge in [0, 0.05) is 34.9 Å². The Morgan fingerprint density at radius 3 is 3.05 bits per heavy atom. The van der Waals surface area contributed by atoms with Crippen LogP contribution in [0.3, 0.4) is 0 Å². The quantitative estimate of drug-likeness (QED) is 0.826. The monoisotopic (exact) mass is 354 g/mol. The molecule has 106 valence electrons. The molecule has 3 nitrogen and oxygen atoms in total. The Bertz CT molecular complexity index is 573. The van der Waals surface area contributed by atoms with Crippen LogP contribution in [-0.2, 0) is 17.7 Å². The molecule has 0 spiro atoms. The number of nitrogens with zero attached hydrogens (tertiary/aromatic N) is 2. The number of benzene rings is 1. The molecule has 20 heavy (non-hydrogen) atoms. The minimum absolute atomic E-state index is 0.328. The molecule has 1 aromatic heterocycles. The number of rotatable bonds is 4. The lowest BCUT2D eigenvalue weighted by atomic mass is 10.1. The van der Waals surface area contributed by atoms with Crippen molar-refractivity contribution < 1.29 is 4.74 Å². The van der Waals surface area contributed by atoms with E-state index in [4.69, 9.17) is 16.3 Å². The minimum Gasteiger partial charge on any atom is -0.376 e. The molecule has 0 aliphatic carbocycles. The van der Waals surface area contributed by atoms with Gasteiger partial charge >= 0.3 is 0 Å². The highest BCUT2D eigenvalue weighted by atomic mass is 79.9. The summed E-state index contributed by atoms with van der Waals surface area (Å²) in [7, 11) is 0.